The average molecular weight is 927 g/mol. The van der Waals surface area contributed by atoms with Gasteiger partial charge in [0.25, 0.3) is 0 Å². The zero-order valence-electron chi connectivity index (χ0n) is 39.4. The van der Waals surface area contributed by atoms with Gasteiger partial charge in [0, 0.05) is 0 Å². The van der Waals surface area contributed by atoms with Crippen LogP contribution in [0.5, 0.6) is 0 Å². The molecule has 23 atom stereocenters. The zero-order chi connectivity index (χ0) is 47.6. The van der Waals surface area contributed by atoms with E-state index in [1.54, 1.807) is 0 Å². The van der Waals surface area contributed by atoms with Crippen molar-refractivity contribution < 1.29 is 84.3 Å². The molecule has 0 aromatic carbocycles. The highest BCUT2D eigenvalue weighted by molar-refractivity contribution is 5.79. The fourth-order valence-electron chi connectivity index (χ4n) is 14.8. The van der Waals surface area contributed by atoms with Crippen LogP contribution in [0.15, 0.2) is 11.6 Å². The van der Waals surface area contributed by atoms with E-state index in [0.717, 1.165) is 51.4 Å². The Hall–Kier alpha value is -1.39. The van der Waals surface area contributed by atoms with Crippen molar-refractivity contribution in [3.8, 4) is 0 Å². The van der Waals surface area contributed by atoms with Gasteiger partial charge in [-0.3, -0.25) is 4.79 Å². The van der Waals surface area contributed by atoms with Crippen LogP contribution >= 0.6 is 0 Å². The largest absolute Gasteiger partial charge is 0.432 e. The number of esters is 1. The normalized spacial score (nSPS) is 53.9. The van der Waals surface area contributed by atoms with Gasteiger partial charge in [-0.2, -0.15) is 0 Å². The van der Waals surface area contributed by atoms with Gasteiger partial charge >= 0.3 is 5.97 Å². The van der Waals surface area contributed by atoms with Crippen molar-refractivity contribution in [1.82, 2.24) is 0 Å². The molecular formula is C48H78O17. The molecule has 372 valence electrons. The third-order valence-electron chi connectivity index (χ3n) is 19.3. The number of aliphatic hydroxyl groups is 10. The molecule has 65 heavy (non-hydrogen) atoms. The average Bonchev–Trinajstić information content (AvgIpc) is 3.25. The molecule has 0 spiro atoms. The van der Waals surface area contributed by atoms with Gasteiger partial charge in [0.05, 0.1) is 30.8 Å². The van der Waals surface area contributed by atoms with Crippen LogP contribution in [0.4, 0.5) is 0 Å². The summed E-state index contributed by atoms with van der Waals surface area (Å²) in [5.74, 6) is 0.139. The molecule has 3 aliphatic heterocycles. The Balaban J connectivity index is 0.973. The van der Waals surface area contributed by atoms with Crippen molar-refractivity contribution in [3.05, 3.63) is 11.6 Å². The van der Waals surface area contributed by atoms with E-state index in [9.17, 15) is 55.9 Å². The summed E-state index contributed by atoms with van der Waals surface area (Å²) in [6.45, 7) is 16.4. The van der Waals surface area contributed by atoms with Gasteiger partial charge in [-0.05, 0) is 116 Å². The summed E-state index contributed by atoms with van der Waals surface area (Å²) >= 11 is 0. The lowest BCUT2D eigenvalue weighted by molar-refractivity contribution is -0.361. The number of allylic oxidation sites excluding steroid dienone is 2. The summed E-state index contributed by atoms with van der Waals surface area (Å²) in [7, 11) is 0. The quantitative estimate of drug-likeness (QED) is 0.121. The number of fused-ring (bicyclic) bond motifs is 7. The molecule has 10 N–H and O–H groups in total. The van der Waals surface area contributed by atoms with Gasteiger partial charge in [-0.1, -0.05) is 60.1 Å². The SMILES string of the molecule is C[C@@H]1O[C@@H](O[C@H]2[C@H](O)[C@@H](O)[C@H](OC[C@H]3O[C@@H](OC(=O)C45CCC(C)(C)CC4C4=CCC6C7(C)CCC(O)C(C)(C)C7CCC6(C)C4(C)CC5)[C@H](O)[C@@H](O)[C@@H]3O)O[C@@H]2CO)[C@H](O)[C@H](O)[C@@H]1O. The first-order valence-corrected chi connectivity index (χ1v) is 24.2. The number of carbonyl (C=O) groups is 1. The van der Waals surface area contributed by atoms with E-state index in [0.29, 0.717) is 24.7 Å². The second-order valence-corrected chi connectivity index (χ2v) is 23.5. The van der Waals surface area contributed by atoms with E-state index in [1.807, 2.05) is 0 Å². The fourth-order valence-corrected chi connectivity index (χ4v) is 14.8. The summed E-state index contributed by atoms with van der Waals surface area (Å²) in [6, 6.07) is 0. The van der Waals surface area contributed by atoms with E-state index in [1.165, 1.54) is 12.5 Å². The van der Waals surface area contributed by atoms with Gasteiger partial charge in [0.2, 0.25) is 6.29 Å². The lowest BCUT2D eigenvalue weighted by atomic mass is 9.33. The molecule has 8 aliphatic rings. The van der Waals surface area contributed by atoms with Crippen molar-refractivity contribution in [3.63, 3.8) is 0 Å². The second-order valence-electron chi connectivity index (χ2n) is 23.5. The van der Waals surface area contributed by atoms with E-state index in [2.05, 4.69) is 54.5 Å². The third-order valence-corrected chi connectivity index (χ3v) is 19.3. The first-order chi connectivity index (χ1) is 30.3. The monoisotopic (exact) mass is 927 g/mol. The third kappa shape index (κ3) is 7.90. The number of aliphatic hydroxyl groups excluding tert-OH is 10. The number of hydrogen-bond acceptors (Lipinski definition) is 17. The van der Waals surface area contributed by atoms with E-state index in [4.69, 9.17) is 28.4 Å². The maximum atomic E-state index is 14.9. The van der Waals surface area contributed by atoms with Gasteiger partial charge < -0.3 is 79.5 Å². The fraction of sp³-hybridized carbons (Fsp3) is 0.938. The smallest absolute Gasteiger partial charge is 0.315 e. The van der Waals surface area contributed by atoms with E-state index in [-0.39, 0.29) is 39.1 Å². The maximum Gasteiger partial charge on any atom is 0.315 e. The van der Waals surface area contributed by atoms with Crippen molar-refractivity contribution in [2.75, 3.05) is 13.2 Å². The predicted octanol–water partition coefficient (Wildman–Crippen LogP) is 1.17. The molecule has 3 saturated heterocycles. The summed E-state index contributed by atoms with van der Waals surface area (Å²) in [4.78, 5) is 14.9. The van der Waals surface area contributed by atoms with Gasteiger partial charge in [0.1, 0.15) is 67.1 Å². The molecule has 17 heteroatoms. The van der Waals surface area contributed by atoms with E-state index < -0.39 is 117 Å². The number of hydrogen-bond donors (Lipinski definition) is 10. The standard InChI is InChI=1S/C48H78O17/c1-22-30(51)32(53)35(56)40(61-22)64-38-25(20-49)62-39(37(58)34(38)55)60-21-26-31(52)33(54)36(57)41(63-26)65-42(59)48-17-15-43(2,3)19-24(48)23-9-10-28-45(6)13-12-29(50)44(4,5)27(45)11-14-47(28,8)46(23,7)16-18-48/h9,22,24-41,49-58H,10-21H2,1-8H3/t22-,24?,25+,26+,27?,28?,29?,30+,31+,32+,33-,34+,35+,36+,37+,38+,39+,40-,41-,45?,46?,47?,48?/m0/s1. The van der Waals surface area contributed by atoms with Crippen molar-refractivity contribution in [2.45, 2.75) is 218 Å². The molecule has 3 heterocycles. The minimum absolute atomic E-state index is 0.0373. The van der Waals surface area contributed by atoms with Crippen molar-refractivity contribution in [1.29, 1.82) is 0 Å². The second kappa shape index (κ2) is 17.5. The molecule has 0 radical (unpaired) electrons. The summed E-state index contributed by atoms with van der Waals surface area (Å²) in [5.41, 5.74) is -0.0204. The predicted molar refractivity (Wildman–Crippen MR) is 229 cm³/mol. The molecule has 7 fully saturated rings. The molecule has 17 nitrogen and oxygen atoms in total. The van der Waals surface area contributed by atoms with Gasteiger partial charge in [-0.25, -0.2) is 0 Å². The van der Waals surface area contributed by atoms with Gasteiger partial charge in [-0.15, -0.1) is 0 Å². The van der Waals surface area contributed by atoms with Crippen LogP contribution in [0.1, 0.15) is 120 Å². The molecule has 8 unspecified atom stereocenters. The topological polar surface area (TPSA) is 275 Å². The molecule has 0 aromatic heterocycles. The maximum absolute atomic E-state index is 14.9. The summed E-state index contributed by atoms with van der Waals surface area (Å²) in [5, 5.41) is 108. The summed E-state index contributed by atoms with van der Waals surface area (Å²) < 4.78 is 34.8. The van der Waals surface area contributed by atoms with Crippen molar-refractivity contribution >= 4 is 5.97 Å². The van der Waals surface area contributed by atoms with Crippen molar-refractivity contribution in [2.24, 2.45) is 50.2 Å². The highest BCUT2D eigenvalue weighted by atomic mass is 16.8. The van der Waals surface area contributed by atoms with Crippen LogP contribution in [0.25, 0.3) is 0 Å². The Kier molecular flexibility index (Phi) is 13.4. The van der Waals surface area contributed by atoms with Crippen LogP contribution < -0.4 is 0 Å². The molecule has 5 aliphatic carbocycles. The Labute approximate surface area is 382 Å². The van der Waals surface area contributed by atoms with Gasteiger partial charge in [0.15, 0.2) is 12.6 Å². The number of ether oxygens (including phenoxy) is 6. The Morgan fingerprint density at radius 1 is 0.677 bits per heavy atom. The minimum atomic E-state index is -1.84. The van der Waals surface area contributed by atoms with Crippen LogP contribution in [0.2, 0.25) is 0 Å². The molecular weight excluding hydrogens is 849 g/mol. The molecule has 4 saturated carbocycles. The Bertz CT molecular complexity index is 1780. The first kappa shape index (κ1) is 50.0. The zero-order valence-corrected chi connectivity index (χ0v) is 39.4. The van der Waals surface area contributed by atoms with Crippen LogP contribution in [-0.4, -0.2) is 168 Å². The molecule has 0 amide bonds. The number of carbonyl (C=O) groups excluding carboxylic acids is 1. The first-order valence-electron chi connectivity index (χ1n) is 24.2. The molecule has 0 aromatic rings. The van der Waals surface area contributed by atoms with Crippen LogP contribution in [0, 0.1) is 50.2 Å². The molecule has 0 bridgehead atoms. The number of rotatable bonds is 8. The lowest BCUT2D eigenvalue weighted by Gasteiger charge is -2.71. The Morgan fingerprint density at radius 3 is 2.00 bits per heavy atom. The highest BCUT2D eigenvalue weighted by Gasteiger charge is 2.70. The minimum Gasteiger partial charge on any atom is -0.432 e. The Morgan fingerprint density at radius 2 is 1.31 bits per heavy atom. The van der Waals surface area contributed by atoms with Crippen LogP contribution in [-0.2, 0) is 33.2 Å². The molecule has 8 rings (SSSR count). The van der Waals surface area contributed by atoms with E-state index >= 15 is 0 Å². The summed E-state index contributed by atoms with van der Waals surface area (Å²) in [6.07, 6.45) is -13.7. The van der Waals surface area contributed by atoms with Crippen LogP contribution in [0.3, 0.4) is 0 Å². The lowest BCUT2D eigenvalue weighted by Crippen LogP contribution is -2.65. The highest BCUT2D eigenvalue weighted by Crippen LogP contribution is 2.76.